The molecule has 1 aromatic heterocycles. The van der Waals surface area contributed by atoms with Gasteiger partial charge in [0.05, 0.1) is 11.2 Å². The summed E-state index contributed by atoms with van der Waals surface area (Å²) in [4.78, 5) is 1.91. The Balaban J connectivity index is 1.09. The van der Waals surface area contributed by atoms with Crippen LogP contribution in [-0.2, 0) is 0 Å². The third-order valence-corrected chi connectivity index (χ3v) is 12.1. The molecule has 12 aromatic rings. The van der Waals surface area contributed by atoms with Crippen molar-refractivity contribution in [2.75, 3.05) is 4.90 Å². The van der Waals surface area contributed by atoms with Crippen LogP contribution in [0.25, 0.3) is 98.8 Å². The molecular formula is C60H39NO. The largest absolute Gasteiger partial charge is 0.455 e. The number of para-hydroxylation sites is 2. The van der Waals surface area contributed by atoms with E-state index in [4.69, 9.17) is 4.42 Å². The van der Waals surface area contributed by atoms with E-state index in [0.29, 0.717) is 16.9 Å². The second-order valence-corrected chi connectivity index (χ2v) is 15.7. The monoisotopic (exact) mass is 793 g/mol. The number of hydrogen-bond donors (Lipinski definition) is 0. The maximum absolute atomic E-state index is 9.89. The van der Waals surface area contributed by atoms with E-state index in [0.717, 1.165) is 87.6 Å². The lowest BCUT2D eigenvalue weighted by Crippen LogP contribution is -2.11. The summed E-state index contributed by atoms with van der Waals surface area (Å²) in [6.07, 6.45) is 0. The zero-order valence-corrected chi connectivity index (χ0v) is 33.6. The quantitative estimate of drug-likeness (QED) is 0.160. The Kier molecular flexibility index (Phi) is 7.57. The predicted molar refractivity (Wildman–Crippen MR) is 263 cm³/mol. The highest BCUT2D eigenvalue weighted by Crippen LogP contribution is 2.47. The second-order valence-electron chi connectivity index (χ2n) is 15.7. The lowest BCUT2D eigenvalue weighted by atomic mass is 9.93. The van der Waals surface area contributed by atoms with Crippen molar-refractivity contribution in [2.45, 2.75) is 0 Å². The number of fused-ring (bicyclic) bond motifs is 7. The van der Waals surface area contributed by atoms with Crippen molar-refractivity contribution in [3.05, 3.63) is 236 Å². The second kappa shape index (κ2) is 14.8. The fraction of sp³-hybridized carbons (Fsp3) is 0. The molecule has 0 saturated carbocycles. The summed E-state index contributed by atoms with van der Waals surface area (Å²) in [6, 6.07) is 71.1. The van der Waals surface area contributed by atoms with Crippen molar-refractivity contribution in [1.82, 2.24) is 0 Å². The Morgan fingerprint density at radius 1 is 0.339 bits per heavy atom. The van der Waals surface area contributed by atoms with Crippen LogP contribution in [0.4, 0.5) is 17.1 Å². The molecule has 0 bridgehead atoms. The molecule has 0 N–H and O–H groups in total. The van der Waals surface area contributed by atoms with Crippen LogP contribution < -0.4 is 4.90 Å². The van der Waals surface area contributed by atoms with E-state index in [1.54, 1.807) is 0 Å². The van der Waals surface area contributed by atoms with E-state index >= 15 is 0 Å². The fourth-order valence-corrected chi connectivity index (χ4v) is 9.21. The zero-order chi connectivity index (χ0) is 44.5. The van der Waals surface area contributed by atoms with Crippen LogP contribution in [0.3, 0.4) is 0 Å². The van der Waals surface area contributed by atoms with Gasteiger partial charge in [0.1, 0.15) is 11.2 Å². The van der Waals surface area contributed by atoms with Crippen molar-refractivity contribution in [3.63, 3.8) is 0 Å². The highest BCUT2D eigenvalue weighted by molar-refractivity contribution is 6.22. The summed E-state index contributed by atoms with van der Waals surface area (Å²) in [7, 11) is 0. The van der Waals surface area contributed by atoms with Gasteiger partial charge in [-0.3, -0.25) is 0 Å². The molecule has 0 aliphatic heterocycles. The Hall–Kier alpha value is -8.20. The lowest BCUT2D eigenvalue weighted by molar-refractivity contribution is 0.673. The van der Waals surface area contributed by atoms with Gasteiger partial charge in [0, 0.05) is 33.1 Å². The molecule has 0 aliphatic carbocycles. The van der Waals surface area contributed by atoms with Crippen LogP contribution in [-0.4, -0.2) is 0 Å². The molecule has 1 heterocycles. The van der Waals surface area contributed by atoms with Gasteiger partial charge in [-0.1, -0.05) is 188 Å². The standard InChI is InChI=1S/C60H39NO/c1-4-21-49-41(14-1)17-12-26-51(49)43-32-36-48(37-33-43)61(47-34-30-40(31-35-47)44-19-11-20-45(38-44)52-27-13-18-42-15-2-5-22-50(42)52)57-28-9-7-24-54(57)56-39-46-16-3-6-23-53(46)60-59(56)55-25-8-10-29-58(55)62-60/h1-39H/i30D,31D,34D,35D. The van der Waals surface area contributed by atoms with Crippen molar-refractivity contribution in [3.8, 4) is 44.5 Å². The summed E-state index contributed by atoms with van der Waals surface area (Å²) in [6.45, 7) is 0. The lowest BCUT2D eigenvalue weighted by Gasteiger charge is -2.28. The summed E-state index contributed by atoms with van der Waals surface area (Å²) >= 11 is 0. The van der Waals surface area contributed by atoms with Crippen molar-refractivity contribution >= 4 is 71.3 Å². The minimum Gasteiger partial charge on any atom is -0.455 e. The number of nitrogens with zero attached hydrogens (tertiary/aromatic N) is 1. The van der Waals surface area contributed by atoms with Gasteiger partial charge in [-0.2, -0.15) is 0 Å². The molecule has 0 radical (unpaired) electrons. The topological polar surface area (TPSA) is 16.4 Å². The summed E-state index contributed by atoms with van der Waals surface area (Å²) in [5.41, 5.74) is 9.81. The van der Waals surface area contributed by atoms with E-state index in [9.17, 15) is 5.48 Å². The molecule has 2 nitrogen and oxygen atoms in total. The average Bonchev–Trinajstić information content (AvgIpc) is 3.77. The number of anilines is 3. The first-order chi connectivity index (χ1) is 32.4. The van der Waals surface area contributed by atoms with Crippen LogP contribution in [0.15, 0.2) is 241 Å². The minimum atomic E-state index is -0.146. The Bertz CT molecular complexity index is 3850. The molecule has 0 unspecified atom stereocenters. The van der Waals surface area contributed by atoms with Gasteiger partial charge >= 0.3 is 0 Å². The predicted octanol–water partition coefficient (Wildman–Crippen LogP) is 17.2. The summed E-state index contributed by atoms with van der Waals surface area (Å²) in [5.74, 6) is 0. The van der Waals surface area contributed by atoms with Crippen LogP contribution in [0, 0.1) is 0 Å². The van der Waals surface area contributed by atoms with Gasteiger partial charge < -0.3 is 9.32 Å². The number of hydrogen-bond acceptors (Lipinski definition) is 2. The molecule has 290 valence electrons. The zero-order valence-electron chi connectivity index (χ0n) is 37.6. The molecule has 62 heavy (non-hydrogen) atoms. The van der Waals surface area contributed by atoms with Gasteiger partial charge in [-0.05, 0) is 114 Å². The van der Waals surface area contributed by atoms with E-state index in [1.165, 1.54) is 0 Å². The van der Waals surface area contributed by atoms with Gasteiger partial charge in [0.2, 0.25) is 0 Å². The highest BCUT2D eigenvalue weighted by atomic mass is 16.3. The maximum Gasteiger partial charge on any atom is 0.143 e. The highest BCUT2D eigenvalue weighted by Gasteiger charge is 2.22. The molecule has 0 atom stereocenters. The average molecular weight is 794 g/mol. The molecule has 0 fully saturated rings. The molecule has 0 saturated heterocycles. The SMILES string of the molecule is [2H]c1c([2H])c(N(c2ccc(-c3cccc4ccccc34)cc2)c2ccccc2-c2cc3ccccc3c3oc4ccccc4c23)c([2H])c([2H])c1-c1cccc(-c2cccc3ccccc23)c1. The van der Waals surface area contributed by atoms with Gasteiger partial charge in [-0.25, -0.2) is 0 Å². The number of benzene rings is 11. The Morgan fingerprint density at radius 2 is 0.887 bits per heavy atom. The normalized spacial score (nSPS) is 12.5. The first-order valence-corrected chi connectivity index (χ1v) is 20.9. The van der Waals surface area contributed by atoms with Crippen molar-refractivity contribution in [2.24, 2.45) is 0 Å². The molecular weight excluding hydrogens is 751 g/mol. The summed E-state index contributed by atoms with van der Waals surface area (Å²) < 4.78 is 45.9. The summed E-state index contributed by atoms with van der Waals surface area (Å²) in [5, 5.41) is 8.46. The van der Waals surface area contributed by atoms with Crippen molar-refractivity contribution < 1.29 is 9.90 Å². The number of rotatable bonds is 7. The smallest absolute Gasteiger partial charge is 0.143 e. The van der Waals surface area contributed by atoms with Crippen LogP contribution in [0.1, 0.15) is 5.48 Å². The first kappa shape index (κ1) is 31.7. The number of furan rings is 1. The van der Waals surface area contributed by atoms with Crippen molar-refractivity contribution in [1.29, 1.82) is 0 Å². The van der Waals surface area contributed by atoms with E-state index in [2.05, 4.69) is 103 Å². The third-order valence-electron chi connectivity index (χ3n) is 12.1. The molecule has 0 spiro atoms. The molecule has 11 aromatic carbocycles. The maximum atomic E-state index is 9.89. The van der Waals surface area contributed by atoms with E-state index < -0.39 is 0 Å². The molecule has 0 aliphatic rings. The Labute approximate surface area is 365 Å². The van der Waals surface area contributed by atoms with Gasteiger partial charge in [-0.15, -0.1) is 0 Å². The Morgan fingerprint density at radius 3 is 1.63 bits per heavy atom. The molecule has 2 heteroatoms. The van der Waals surface area contributed by atoms with Crippen LogP contribution in [0.2, 0.25) is 0 Å². The van der Waals surface area contributed by atoms with E-state index in [1.807, 2.05) is 114 Å². The molecule has 12 rings (SSSR count). The first-order valence-electron chi connectivity index (χ1n) is 22.9. The minimum absolute atomic E-state index is 0.121. The van der Waals surface area contributed by atoms with E-state index in [-0.39, 0.29) is 35.4 Å². The molecule has 0 amide bonds. The fourth-order valence-electron chi connectivity index (χ4n) is 9.21. The van der Waals surface area contributed by atoms with Crippen LogP contribution in [0.5, 0.6) is 0 Å². The van der Waals surface area contributed by atoms with Gasteiger partial charge in [0.25, 0.3) is 0 Å². The van der Waals surface area contributed by atoms with Crippen LogP contribution >= 0.6 is 0 Å². The van der Waals surface area contributed by atoms with Gasteiger partial charge in [0.15, 0.2) is 0 Å². The third kappa shape index (κ3) is 6.04.